The lowest BCUT2D eigenvalue weighted by Crippen LogP contribution is -2.40. The summed E-state index contributed by atoms with van der Waals surface area (Å²) in [7, 11) is 1.82. The van der Waals surface area contributed by atoms with Gasteiger partial charge in [-0.25, -0.2) is 9.98 Å². The number of amidine groups is 2. The summed E-state index contributed by atoms with van der Waals surface area (Å²) in [5.74, 6) is 0.774. The molecular formula is C25H27ClN6O3S. The van der Waals surface area contributed by atoms with Gasteiger partial charge in [0.05, 0.1) is 24.8 Å². The van der Waals surface area contributed by atoms with E-state index in [2.05, 4.69) is 25.9 Å². The fourth-order valence-corrected chi connectivity index (χ4v) is 4.86. The summed E-state index contributed by atoms with van der Waals surface area (Å²) in [5, 5.41) is 21.5. The van der Waals surface area contributed by atoms with Crippen molar-refractivity contribution in [2.75, 3.05) is 42.8 Å². The molecule has 36 heavy (non-hydrogen) atoms. The van der Waals surface area contributed by atoms with Crippen LogP contribution >= 0.6 is 22.9 Å². The molecule has 2 aliphatic rings. The zero-order chi connectivity index (χ0) is 25.0. The lowest BCUT2D eigenvalue weighted by Gasteiger charge is -2.31. The quantitative estimate of drug-likeness (QED) is 0.247. The number of aliphatic imine (C=N–C) groups is 1. The number of halogens is 1. The number of ether oxygens (including phenoxy) is 3. The van der Waals surface area contributed by atoms with Crippen LogP contribution in [0.5, 0.6) is 5.75 Å². The lowest BCUT2D eigenvalue weighted by atomic mass is 9.95. The average molecular weight is 527 g/mol. The Morgan fingerprint density at radius 2 is 2.03 bits per heavy atom. The van der Waals surface area contributed by atoms with Gasteiger partial charge in [0.2, 0.25) is 0 Å². The molecule has 3 heterocycles. The van der Waals surface area contributed by atoms with E-state index >= 15 is 0 Å². The van der Waals surface area contributed by atoms with E-state index in [1.165, 1.54) is 11.3 Å². The highest BCUT2D eigenvalue weighted by molar-refractivity contribution is 7.09. The van der Waals surface area contributed by atoms with E-state index in [-0.39, 0.29) is 11.4 Å². The molecule has 5 rings (SSSR count). The fraction of sp³-hybridized carbons (Fsp3) is 0.320. The van der Waals surface area contributed by atoms with Crippen LogP contribution in [-0.4, -0.2) is 49.2 Å². The third-order valence-corrected chi connectivity index (χ3v) is 7.12. The standard InChI is InChI=1S/C25H27ClN6O3S/c1-28-20-4-2-16(32-24-30-15-25(35-24)6-9-33-10-7-25)12-18(20)23(27)31-17-3-5-21(19(26)13-17)34-14-22-29-8-11-36-22/h2-5,8,11-13,28H,6-7,9-10,14-15H2,1H3,(H2,27,31)(H,30,32). The van der Waals surface area contributed by atoms with Crippen molar-refractivity contribution in [2.45, 2.75) is 25.0 Å². The number of benzene rings is 2. The molecule has 2 aliphatic heterocycles. The normalized spacial score (nSPS) is 16.2. The Morgan fingerprint density at radius 1 is 1.19 bits per heavy atom. The summed E-state index contributed by atoms with van der Waals surface area (Å²) in [4.78, 5) is 8.76. The van der Waals surface area contributed by atoms with Gasteiger partial charge < -0.3 is 30.2 Å². The summed E-state index contributed by atoms with van der Waals surface area (Å²) in [6, 6.07) is 11.6. The van der Waals surface area contributed by atoms with Crippen molar-refractivity contribution in [3.63, 3.8) is 0 Å². The zero-order valence-corrected chi connectivity index (χ0v) is 21.3. The summed E-state index contributed by atoms with van der Waals surface area (Å²) in [6.07, 6.45) is 3.40. The Morgan fingerprint density at radius 3 is 2.78 bits per heavy atom. The largest absolute Gasteiger partial charge is 0.485 e. The molecule has 0 radical (unpaired) electrons. The van der Waals surface area contributed by atoms with Crippen LogP contribution < -0.4 is 20.7 Å². The van der Waals surface area contributed by atoms with E-state index in [1.54, 1.807) is 18.3 Å². The first kappa shape index (κ1) is 24.4. The molecule has 9 nitrogen and oxygen atoms in total. The van der Waals surface area contributed by atoms with Gasteiger partial charge in [-0.2, -0.15) is 0 Å². The van der Waals surface area contributed by atoms with Crippen LogP contribution in [0.3, 0.4) is 0 Å². The van der Waals surface area contributed by atoms with Gasteiger partial charge in [-0.3, -0.25) is 5.41 Å². The van der Waals surface area contributed by atoms with Crippen LogP contribution in [0.15, 0.2) is 53.0 Å². The molecule has 1 spiro atoms. The number of hydrogen-bond acceptors (Lipinski definition) is 9. The zero-order valence-electron chi connectivity index (χ0n) is 19.8. The molecule has 1 saturated heterocycles. The topological polar surface area (TPSA) is 113 Å². The van der Waals surface area contributed by atoms with Crippen molar-refractivity contribution in [1.82, 2.24) is 4.98 Å². The van der Waals surface area contributed by atoms with Crippen molar-refractivity contribution in [3.8, 4) is 5.75 Å². The van der Waals surface area contributed by atoms with E-state index < -0.39 is 0 Å². The molecule has 0 aliphatic carbocycles. The molecular weight excluding hydrogens is 500 g/mol. The third-order valence-electron chi connectivity index (χ3n) is 6.07. The number of anilines is 3. The minimum atomic E-state index is -0.266. The lowest BCUT2D eigenvalue weighted by molar-refractivity contribution is -0.0361. The second-order valence-electron chi connectivity index (χ2n) is 8.51. The maximum atomic E-state index is 8.71. The molecule has 0 bridgehead atoms. The molecule has 3 aromatic rings. The molecule has 188 valence electrons. The van der Waals surface area contributed by atoms with Crippen molar-refractivity contribution in [3.05, 3.63) is 63.6 Å². The minimum absolute atomic E-state index is 0.214. The molecule has 4 N–H and O–H groups in total. The highest BCUT2D eigenvalue weighted by Gasteiger charge is 2.39. The SMILES string of the molecule is CNc1ccc(NC2=NCC3(CCOCC3)O2)cc1C(=N)Nc1ccc(OCc2nccs2)c(Cl)c1. The number of nitrogens with one attached hydrogen (secondary N) is 4. The van der Waals surface area contributed by atoms with E-state index in [4.69, 9.17) is 31.2 Å². The van der Waals surface area contributed by atoms with Gasteiger partial charge in [-0.15, -0.1) is 11.3 Å². The van der Waals surface area contributed by atoms with Gasteiger partial charge in [0.25, 0.3) is 6.02 Å². The maximum absolute atomic E-state index is 8.71. The molecule has 0 unspecified atom stereocenters. The number of aromatic nitrogens is 1. The average Bonchev–Trinajstić information content (AvgIpc) is 3.54. The fourth-order valence-electron chi connectivity index (χ4n) is 4.10. The Kier molecular flexibility index (Phi) is 7.26. The van der Waals surface area contributed by atoms with E-state index in [9.17, 15) is 0 Å². The molecule has 0 amide bonds. The first-order valence-electron chi connectivity index (χ1n) is 11.6. The van der Waals surface area contributed by atoms with Crippen LogP contribution in [0.1, 0.15) is 23.4 Å². The van der Waals surface area contributed by atoms with Crippen LogP contribution in [0.2, 0.25) is 5.02 Å². The van der Waals surface area contributed by atoms with Gasteiger partial charge in [-0.05, 0) is 36.4 Å². The summed E-state index contributed by atoms with van der Waals surface area (Å²) in [6.45, 7) is 2.36. The van der Waals surface area contributed by atoms with Crippen LogP contribution in [0.25, 0.3) is 0 Å². The van der Waals surface area contributed by atoms with Crippen LogP contribution in [0.4, 0.5) is 17.1 Å². The molecule has 0 saturated carbocycles. The predicted octanol–water partition coefficient (Wildman–Crippen LogP) is 5.20. The second-order valence-corrected chi connectivity index (χ2v) is 9.90. The Labute approximate surface area is 218 Å². The van der Waals surface area contributed by atoms with Crippen molar-refractivity contribution in [1.29, 1.82) is 5.41 Å². The third kappa shape index (κ3) is 5.56. The second kappa shape index (κ2) is 10.7. The smallest absolute Gasteiger partial charge is 0.289 e. The van der Waals surface area contributed by atoms with Gasteiger partial charge in [0.15, 0.2) is 0 Å². The molecule has 1 fully saturated rings. The Bertz CT molecular complexity index is 1260. The Hall–Kier alpha value is -3.34. The van der Waals surface area contributed by atoms with Gasteiger partial charge in [-0.1, -0.05) is 11.6 Å². The van der Waals surface area contributed by atoms with Crippen LogP contribution in [0, 0.1) is 5.41 Å². The number of thiazole rings is 1. The number of nitrogens with zero attached hydrogens (tertiary/aromatic N) is 2. The molecule has 11 heteroatoms. The highest BCUT2D eigenvalue weighted by atomic mass is 35.5. The van der Waals surface area contributed by atoms with E-state index in [0.29, 0.717) is 54.4 Å². The predicted molar refractivity (Wildman–Crippen MR) is 144 cm³/mol. The summed E-state index contributed by atoms with van der Waals surface area (Å²) >= 11 is 7.96. The summed E-state index contributed by atoms with van der Waals surface area (Å²) in [5.41, 5.74) is 2.68. The molecule has 1 aromatic heterocycles. The molecule has 0 atom stereocenters. The van der Waals surface area contributed by atoms with E-state index in [1.807, 2.05) is 36.7 Å². The highest BCUT2D eigenvalue weighted by Crippen LogP contribution is 2.32. The Balaban J connectivity index is 1.25. The van der Waals surface area contributed by atoms with Crippen LogP contribution in [-0.2, 0) is 16.1 Å². The summed E-state index contributed by atoms with van der Waals surface area (Å²) < 4.78 is 17.4. The molecule has 2 aromatic carbocycles. The first-order chi connectivity index (χ1) is 17.5. The monoisotopic (exact) mass is 526 g/mol. The minimum Gasteiger partial charge on any atom is -0.485 e. The van der Waals surface area contributed by atoms with Gasteiger partial charge in [0, 0.05) is 54.1 Å². The number of hydrogen-bond donors (Lipinski definition) is 4. The van der Waals surface area contributed by atoms with E-state index in [0.717, 1.165) is 29.2 Å². The van der Waals surface area contributed by atoms with Gasteiger partial charge in [0.1, 0.15) is 28.8 Å². The number of rotatable bonds is 7. The van der Waals surface area contributed by atoms with Crippen molar-refractivity contribution < 1.29 is 14.2 Å². The van der Waals surface area contributed by atoms with Gasteiger partial charge >= 0.3 is 0 Å². The van der Waals surface area contributed by atoms with Crippen molar-refractivity contribution >= 4 is 51.9 Å². The first-order valence-corrected chi connectivity index (χ1v) is 12.9. The van der Waals surface area contributed by atoms with Crippen molar-refractivity contribution in [2.24, 2.45) is 4.99 Å². The maximum Gasteiger partial charge on any atom is 0.289 e.